The summed E-state index contributed by atoms with van der Waals surface area (Å²) >= 11 is 6.75. The molecule has 2 heterocycles. The zero-order chi connectivity index (χ0) is 30.7. The quantitative estimate of drug-likeness (QED) is 0.204. The molecule has 3 atom stereocenters. The van der Waals surface area contributed by atoms with Crippen molar-refractivity contribution in [3.05, 3.63) is 166 Å². The lowest BCUT2D eigenvalue weighted by Crippen LogP contribution is -2.59. The normalized spacial score (nSPS) is 21.4. The molecule has 5 aromatic rings. The van der Waals surface area contributed by atoms with Crippen LogP contribution in [0.15, 0.2) is 127 Å². The number of ketones is 1. The molecule has 4 nitrogen and oxygen atoms in total. The molecule has 0 bridgehead atoms. The Morgan fingerprint density at radius 2 is 1.56 bits per heavy atom. The van der Waals surface area contributed by atoms with Crippen molar-refractivity contribution in [2.75, 3.05) is 10.2 Å². The van der Waals surface area contributed by atoms with Crippen LogP contribution in [0.4, 0.5) is 11.4 Å². The number of nitrogens with zero attached hydrogens (tertiary/aromatic N) is 1. The summed E-state index contributed by atoms with van der Waals surface area (Å²) in [5.74, 6) is -0.804. The maximum atomic E-state index is 15.5. The Labute approximate surface area is 268 Å². The number of hydrogen-bond acceptors (Lipinski definition) is 3. The summed E-state index contributed by atoms with van der Waals surface area (Å²) in [5, 5.41) is 4.33. The minimum Gasteiger partial charge on any atom is -0.376 e. The number of benzene rings is 5. The van der Waals surface area contributed by atoms with Crippen LogP contribution >= 0.6 is 11.6 Å². The van der Waals surface area contributed by atoms with Crippen molar-refractivity contribution in [3.63, 3.8) is 0 Å². The first-order valence-electron chi connectivity index (χ1n) is 15.4. The van der Waals surface area contributed by atoms with Gasteiger partial charge in [-0.3, -0.25) is 9.59 Å². The van der Waals surface area contributed by atoms with Crippen LogP contribution in [0, 0.1) is 12.8 Å². The highest BCUT2D eigenvalue weighted by Gasteiger charge is 2.66. The molecule has 0 radical (unpaired) electrons. The number of hydrogen-bond donors (Lipinski definition) is 1. The highest BCUT2D eigenvalue weighted by Crippen LogP contribution is 2.61. The maximum absolute atomic E-state index is 15.5. The molecule has 5 heteroatoms. The van der Waals surface area contributed by atoms with E-state index in [0.717, 1.165) is 50.3 Å². The maximum Gasteiger partial charge on any atom is 0.241 e. The Kier molecular flexibility index (Phi) is 6.51. The van der Waals surface area contributed by atoms with Crippen LogP contribution in [-0.2, 0) is 16.8 Å². The molecule has 0 saturated carbocycles. The first-order chi connectivity index (χ1) is 22.0. The van der Waals surface area contributed by atoms with E-state index in [1.165, 1.54) is 0 Å². The third-order valence-corrected chi connectivity index (χ3v) is 10.0. The molecule has 0 fully saturated rings. The first kappa shape index (κ1) is 27.6. The number of nitrogens with one attached hydrogen (secondary N) is 1. The van der Waals surface area contributed by atoms with Crippen LogP contribution in [0.25, 0.3) is 11.1 Å². The number of anilines is 2. The molecule has 2 aliphatic heterocycles. The molecule has 220 valence electrons. The summed E-state index contributed by atoms with van der Waals surface area (Å²) in [6.07, 6.45) is 0.412. The molecule has 1 spiro atoms. The summed E-state index contributed by atoms with van der Waals surface area (Å²) < 4.78 is 0. The van der Waals surface area contributed by atoms with Gasteiger partial charge in [-0.25, -0.2) is 0 Å². The minimum atomic E-state index is -1.23. The second-order valence-corrected chi connectivity index (χ2v) is 12.7. The standard InChI is InChI=1S/C40H31ClN2O2/c1-25-16-18-28(19-17-25)37(44)33-23-31(27-12-6-3-7-13-27)36-30-14-8-9-15-34(30)42-38(36)40(33)32-22-29(41)20-21-35(32)43(39(40)45)24-26-10-4-2-5-11-26/h2-22,33,38,42H,23-24H2,1H3/t33-,38-,40-/m0/s1. The number of fused-ring (bicyclic) bond motifs is 6. The Balaban J connectivity index is 1.42. The van der Waals surface area contributed by atoms with Crippen LogP contribution < -0.4 is 10.2 Å². The second-order valence-electron chi connectivity index (χ2n) is 12.3. The molecule has 0 aromatic heterocycles. The zero-order valence-electron chi connectivity index (χ0n) is 24.8. The van der Waals surface area contributed by atoms with Crippen LogP contribution in [0.5, 0.6) is 0 Å². The van der Waals surface area contributed by atoms with E-state index in [0.29, 0.717) is 23.6 Å². The fourth-order valence-electron chi connectivity index (χ4n) is 7.77. The fourth-order valence-corrected chi connectivity index (χ4v) is 7.95. The monoisotopic (exact) mass is 606 g/mol. The largest absolute Gasteiger partial charge is 0.376 e. The molecule has 0 unspecified atom stereocenters. The van der Waals surface area contributed by atoms with E-state index in [1.807, 2.05) is 115 Å². The Hall–Kier alpha value is -4.93. The topological polar surface area (TPSA) is 49.4 Å². The highest BCUT2D eigenvalue weighted by molar-refractivity contribution is 6.31. The van der Waals surface area contributed by atoms with Gasteiger partial charge < -0.3 is 10.2 Å². The summed E-state index contributed by atoms with van der Waals surface area (Å²) in [6, 6.07) is 41.5. The number of carbonyl (C=O) groups is 2. The van der Waals surface area contributed by atoms with Crippen molar-refractivity contribution < 1.29 is 9.59 Å². The summed E-state index contributed by atoms with van der Waals surface area (Å²) in [4.78, 5) is 32.3. The van der Waals surface area contributed by atoms with Gasteiger partial charge in [-0.05, 0) is 65.4 Å². The van der Waals surface area contributed by atoms with Crippen molar-refractivity contribution in [1.29, 1.82) is 0 Å². The first-order valence-corrected chi connectivity index (χ1v) is 15.8. The number of para-hydroxylation sites is 1. The van der Waals surface area contributed by atoms with Crippen molar-refractivity contribution in [1.82, 2.24) is 0 Å². The Morgan fingerprint density at radius 3 is 2.31 bits per heavy atom. The number of halogens is 1. The van der Waals surface area contributed by atoms with Crippen molar-refractivity contribution >= 4 is 45.8 Å². The average Bonchev–Trinajstić information content (AvgIpc) is 3.57. The smallest absolute Gasteiger partial charge is 0.241 e. The second kappa shape index (κ2) is 10.6. The van der Waals surface area contributed by atoms with E-state index in [9.17, 15) is 4.79 Å². The van der Waals surface area contributed by atoms with Gasteiger partial charge in [0.1, 0.15) is 5.41 Å². The van der Waals surface area contributed by atoms with Crippen molar-refractivity contribution in [2.45, 2.75) is 31.3 Å². The van der Waals surface area contributed by atoms with Gasteiger partial charge >= 0.3 is 0 Å². The van der Waals surface area contributed by atoms with Gasteiger partial charge in [0.25, 0.3) is 0 Å². The van der Waals surface area contributed by atoms with E-state index < -0.39 is 17.4 Å². The summed E-state index contributed by atoms with van der Waals surface area (Å²) in [6.45, 7) is 2.41. The molecule has 1 amide bonds. The molecular formula is C40H31ClN2O2. The molecule has 5 aromatic carbocycles. The van der Waals surface area contributed by atoms with Gasteiger partial charge in [0.2, 0.25) is 5.91 Å². The molecule has 8 rings (SSSR count). The predicted octanol–water partition coefficient (Wildman–Crippen LogP) is 8.74. The molecule has 1 N–H and O–H groups in total. The van der Waals surface area contributed by atoms with Gasteiger partial charge in [0.05, 0.1) is 12.6 Å². The fraction of sp³-hybridized carbons (Fsp3) is 0.150. The van der Waals surface area contributed by atoms with Gasteiger partial charge in [-0.2, -0.15) is 0 Å². The third kappa shape index (κ3) is 4.20. The summed E-state index contributed by atoms with van der Waals surface area (Å²) in [5.41, 5.74) is 8.33. The van der Waals surface area contributed by atoms with E-state index in [2.05, 4.69) is 29.6 Å². The number of amides is 1. The van der Waals surface area contributed by atoms with Crippen molar-refractivity contribution in [2.24, 2.45) is 5.92 Å². The lowest BCUT2D eigenvalue weighted by Gasteiger charge is -2.45. The number of aryl methyl sites for hydroxylation is 1. The summed E-state index contributed by atoms with van der Waals surface area (Å²) in [7, 11) is 0. The molecule has 1 aliphatic carbocycles. The minimum absolute atomic E-state index is 0.0407. The van der Waals surface area contributed by atoms with Gasteiger partial charge in [0, 0.05) is 33.4 Å². The number of allylic oxidation sites excluding steroid dienone is 1. The predicted molar refractivity (Wildman–Crippen MR) is 181 cm³/mol. The van der Waals surface area contributed by atoms with E-state index in [1.54, 1.807) is 0 Å². The zero-order valence-corrected chi connectivity index (χ0v) is 25.6. The Morgan fingerprint density at radius 1 is 0.867 bits per heavy atom. The lowest BCUT2D eigenvalue weighted by atomic mass is 9.56. The van der Waals surface area contributed by atoms with Crippen LogP contribution in [-0.4, -0.2) is 17.7 Å². The van der Waals surface area contributed by atoms with Gasteiger partial charge in [-0.15, -0.1) is 0 Å². The average molecular weight is 607 g/mol. The number of rotatable bonds is 5. The molecular weight excluding hydrogens is 576 g/mol. The van der Waals surface area contributed by atoms with Crippen LogP contribution in [0.1, 0.15) is 44.6 Å². The molecule has 3 aliphatic rings. The van der Waals surface area contributed by atoms with Crippen LogP contribution in [0.2, 0.25) is 5.02 Å². The van der Waals surface area contributed by atoms with Gasteiger partial charge in [0.15, 0.2) is 5.78 Å². The van der Waals surface area contributed by atoms with E-state index >= 15 is 4.79 Å². The SMILES string of the molecule is Cc1ccc(C(=O)[C@@H]2CC(c3ccccc3)=C3c4ccccc4N[C@@H]3[C@@]23C(=O)N(Cc2ccccc2)c2ccc(Cl)cc23)cc1. The lowest BCUT2D eigenvalue weighted by molar-refractivity contribution is -0.125. The number of Topliss-reactive ketones (excluding diaryl/α,β-unsaturated/α-hetero) is 1. The third-order valence-electron chi connectivity index (χ3n) is 9.80. The van der Waals surface area contributed by atoms with Gasteiger partial charge in [-0.1, -0.05) is 120 Å². The van der Waals surface area contributed by atoms with E-state index in [4.69, 9.17) is 11.6 Å². The highest BCUT2D eigenvalue weighted by atomic mass is 35.5. The van der Waals surface area contributed by atoms with Crippen LogP contribution in [0.3, 0.4) is 0 Å². The number of carbonyl (C=O) groups excluding carboxylic acids is 2. The molecule has 45 heavy (non-hydrogen) atoms. The Bertz CT molecular complexity index is 2000. The van der Waals surface area contributed by atoms with Crippen molar-refractivity contribution in [3.8, 4) is 0 Å². The molecule has 0 saturated heterocycles. The van der Waals surface area contributed by atoms with E-state index in [-0.39, 0.29) is 11.7 Å².